The molecule has 1 aliphatic rings. The van der Waals surface area contributed by atoms with E-state index in [1.807, 2.05) is 13.0 Å². The molecule has 0 spiro atoms. The van der Waals surface area contributed by atoms with Crippen molar-refractivity contribution in [3.05, 3.63) is 47.4 Å². The van der Waals surface area contributed by atoms with Crippen molar-refractivity contribution in [3.8, 4) is 0 Å². The lowest BCUT2D eigenvalue weighted by molar-refractivity contribution is 0.0926. The Morgan fingerprint density at radius 1 is 1.42 bits per heavy atom. The van der Waals surface area contributed by atoms with Gasteiger partial charge in [0.25, 0.3) is 5.91 Å². The number of hydrogen-bond donors (Lipinski definition) is 1. The lowest BCUT2D eigenvalue weighted by atomic mass is 9.93. The summed E-state index contributed by atoms with van der Waals surface area (Å²) in [6.45, 7) is 1.84. The van der Waals surface area contributed by atoms with E-state index in [1.165, 1.54) is 6.20 Å². The average Bonchev–Trinajstić information content (AvgIpc) is 2.89. The van der Waals surface area contributed by atoms with E-state index in [1.54, 1.807) is 12.5 Å². The van der Waals surface area contributed by atoms with Gasteiger partial charge in [-0.15, -0.1) is 0 Å². The summed E-state index contributed by atoms with van der Waals surface area (Å²) in [5.74, 6) is 0.790. The quantitative estimate of drug-likeness (QED) is 0.895. The fourth-order valence-corrected chi connectivity index (χ4v) is 2.38. The fourth-order valence-electron chi connectivity index (χ4n) is 2.38. The number of nitrogens with zero attached hydrogens (tertiary/aromatic N) is 2. The Balaban J connectivity index is 1.76. The van der Waals surface area contributed by atoms with Gasteiger partial charge in [0.15, 0.2) is 0 Å². The second-order valence-electron chi connectivity index (χ2n) is 4.76. The summed E-state index contributed by atoms with van der Waals surface area (Å²) in [7, 11) is 0. The first-order valence-corrected chi connectivity index (χ1v) is 6.40. The van der Waals surface area contributed by atoms with E-state index in [0.29, 0.717) is 5.69 Å². The summed E-state index contributed by atoms with van der Waals surface area (Å²) in [5.41, 5.74) is 2.23. The zero-order chi connectivity index (χ0) is 13.2. The molecular weight excluding hydrogens is 242 g/mol. The highest BCUT2D eigenvalue weighted by atomic mass is 16.3. The van der Waals surface area contributed by atoms with Crippen LogP contribution in [0.2, 0.25) is 0 Å². The molecule has 2 aromatic rings. The van der Waals surface area contributed by atoms with Crippen molar-refractivity contribution in [2.45, 2.75) is 32.2 Å². The Labute approximate surface area is 111 Å². The molecule has 2 heterocycles. The molecule has 2 aromatic heterocycles. The molecule has 0 unspecified atom stereocenters. The van der Waals surface area contributed by atoms with Crippen LogP contribution in [0.3, 0.4) is 0 Å². The number of furan rings is 1. The molecule has 0 aliphatic heterocycles. The normalized spacial score (nSPS) is 17.8. The minimum absolute atomic E-state index is 0.0121. The van der Waals surface area contributed by atoms with E-state index in [0.717, 1.165) is 36.3 Å². The molecule has 1 N–H and O–H groups in total. The predicted molar refractivity (Wildman–Crippen MR) is 68.6 cm³/mol. The number of aryl methyl sites for hydroxylation is 2. The first kappa shape index (κ1) is 11.9. The van der Waals surface area contributed by atoms with E-state index < -0.39 is 0 Å². The Morgan fingerprint density at radius 2 is 2.32 bits per heavy atom. The van der Waals surface area contributed by atoms with Crippen molar-refractivity contribution < 1.29 is 9.21 Å². The Hall–Kier alpha value is -2.17. The summed E-state index contributed by atoms with van der Waals surface area (Å²) in [6, 6.07) is 1.94. The second-order valence-corrected chi connectivity index (χ2v) is 4.76. The van der Waals surface area contributed by atoms with Crippen LogP contribution in [-0.2, 0) is 6.42 Å². The van der Waals surface area contributed by atoms with E-state index in [4.69, 9.17) is 4.42 Å². The molecule has 19 heavy (non-hydrogen) atoms. The summed E-state index contributed by atoms with van der Waals surface area (Å²) in [4.78, 5) is 20.3. The van der Waals surface area contributed by atoms with Gasteiger partial charge in [-0.3, -0.25) is 9.78 Å². The van der Waals surface area contributed by atoms with Crippen molar-refractivity contribution in [2.75, 3.05) is 0 Å². The van der Waals surface area contributed by atoms with E-state index in [2.05, 4.69) is 15.3 Å². The number of hydrogen-bond acceptors (Lipinski definition) is 4. The van der Waals surface area contributed by atoms with Crippen LogP contribution < -0.4 is 5.32 Å². The van der Waals surface area contributed by atoms with Crippen molar-refractivity contribution >= 4 is 5.91 Å². The molecule has 0 fully saturated rings. The minimum Gasteiger partial charge on any atom is -0.469 e. The number of rotatable bonds is 2. The maximum atomic E-state index is 12.1. The maximum absolute atomic E-state index is 12.1. The molecule has 0 bridgehead atoms. The highest BCUT2D eigenvalue weighted by Crippen LogP contribution is 2.30. The molecule has 3 rings (SSSR count). The van der Waals surface area contributed by atoms with Gasteiger partial charge in [0.2, 0.25) is 0 Å². The standard InChI is InChI=1S/C14H15N3O2/c1-9-7-16-12(8-15-9)14(18)17-11-3-2-4-13-10(11)5-6-19-13/h5-8,11H,2-4H2,1H3,(H,17,18)/t11-/m0/s1. The highest BCUT2D eigenvalue weighted by Gasteiger charge is 2.24. The third-order valence-corrected chi connectivity index (χ3v) is 3.37. The van der Waals surface area contributed by atoms with E-state index in [-0.39, 0.29) is 11.9 Å². The lowest BCUT2D eigenvalue weighted by Crippen LogP contribution is -2.31. The zero-order valence-electron chi connectivity index (χ0n) is 10.7. The van der Waals surface area contributed by atoms with Gasteiger partial charge in [-0.25, -0.2) is 4.98 Å². The maximum Gasteiger partial charge on any atom is 0.271 e. The largest absolute Gasteiger partial charge is 0.469 e. The minimum atomic E-state index is -0.188. The topological polar surface area (TPSA) is 68.0 Å². The number of amides is 1. The van der Waals surface area contributed by atoms with Crippen molar-refractivity contribution in [1.29, 1.82) is 0 Å². The van der Waals surface area contributed by atoms with Crippen LogP contribution in [0.25, 0.3) is 0 Å². The monoisotopic (exact) mass is 257 g/mol. The van der Waals surface area contributed by atoms with Crippen LogP contribution in [0.4, 0.5) is 0 Å². The fraction of sp³-hybridized carbons (Fsp3) is 0.357. The van der Waals surface area contributed by atoms with Crippen LogP contribution in [0.15, 0.2) is 29.1 Å². The molecular formula is C14H15N3O2. The van der Waals surface area contributed by atoms with Gasteiger partial charge in [-0.1, -0.05) is 0 Å². The van der Waals surface area contributed by atoms with Crippen molar-refractivity contribution in [2.24, 2.45) is 0 Å². The second kappa shape index (κ2) is 4.84. The number of aromatic nitrogens is 2. The van der Waals surface area contributed by atoms with Gasteiger partial charge < -0.3 is 9.73 Å². The SMILES string of the molecule is Cc1cnc(C(=O)N[C@H]2CCCc3occc32)cn1. The highest BCUT2D eigenvalue weighted by molar-refractivity contribution is 5.92. The molecule has 1 amide bonds. The number of nitrogens with one attached hydrogen (secondary N) is 1. The van der Waals surface area contributed by atoms with Crippen LogP contribution in [0.5, 0.6) is 0 Å². The molecule has 1 atom stereocenters. The molecule has 0 saturated carbocycles. The Kier molecular flexibility index (Phi) is 3.03. The van der Waals surface area contributed by atoms with Crippen LogP contribution in [0.1, 0.15) is 46.4 Å². The molecule has 0 aromatic carbocycles. The molecule has 5 nitrogen and oxygen atoms in total. The summed E-state index contributed by atoms with van der Waals surface area (Å²) < 4.78 is 5.41. The Bertz CT molecular complexity index is 589. The van der Waals surface area contributed by atoms with Gasteiger partial charge in [0.05, 0.1) is 24.2 Å². The number of carbonyl (C=O) groups is 1. The summed E-state index contributed by atoms with van der Waals surface area (Å²) >= 11 is 0. The molecule has 98 valence electrons. The first-order chi connectivity index (χ1) is 9.24. The van der Waals surface area contributed by atoms with Crippen molar-refractivity contribution in [3.63, 3.8) is 0 Å². The van der Waals surface area contributed by atoms with Gasteiger partial charge in [0.1, 0.15) is 11.5 Å². The van der Waals surface area contributed by atoms with Crippen LogP contribution >= 0.6 is 0 Å². The smallest absolute Gasteiger partial charge is 0.271 e. The van der Waals surface area contributed by atoms with Crippen LogP contribution in [0, 0.1) is 6.92 Å². The molecule has 0 radical (unpaired) electrons. The summed E-state index contributed by atoms with van der Waals surface area (Å²) in [6.07, 6.45) is 7.67. The van der Waals surface area contributed by atoms with Crippen LogP contribution in [-0.4, -0.2) is 15.9 Å². The third kappa shape index (κ3) is 2.36. The van der Waals surface area contributed by atoms with Gasteiger partial charge >= 0.3 is 0 Å². The third-order valence-electron chi connectivity index (χ3n) is 3.37. The summed E-state index contributed by atoms with van der Waals surface area (Å²) in [5, 5.41) is 3.00. The zero-order valence-corrected chi connectivity index (χ0v) is 10.7. The predicted octanol–water partition coefficient (Wildman–Crippen LogP) is 2.19. The first-order valence-electron chi connectivity index (χ1n) is 6.40. The lowest BCUT2D eigenvalue weighted by Gasteiger charge is -2.22. The number of carbonyl (C=O) groups excluding carboxylic acids is 1. The van der Waals surface area contributed by atoms with E-state index in [9.17, 15) is 4.79 Å². The molecule has 0 saturated heterocycles. The van der Waals surface area contributed by atoms with Gasteiger partial charge in [0, 0.05) is 18.2 Å². The van der Waals surface area contributed by atoms with E-state index >= 15 is 0 Å². The average molecular weight is 257 g/mol. The van der Waals surface area contributed by atoms with Gasteiger partial charge in [-0.05, 0) is 25.8 Å². The Morgan fingerprint density at radius 3 is 3.11 bits per heavy atom. The van der Waals surface area contributed by atoms with Crippen molar-refractivity contribution in [1.82, 2.24) is 15.3 Å². The molecule has 5 heteroatoms. The molecule has 1 aliphatic carbocycles. The number of fused-ring (bicyclic) bond motifs is 1. The van der Waals surface area contributed by atoms with Gasteiger partial charge in [-0.2, -0.15) is 0 Å².